The van der Waals surface area contributed by atoms with Gasteiger partial charge in [-0.1, -0.05) is 53.7 Å². The van der Waals surface area contributed by atoms with Crippen LogP contribution in [0.5, 0.6) is 0 Å². The molecular weight excluding hydrogens is 354 g/mol. The number of nitrogens with one attached hydrogen (secondary N) is 1. The maximum Gasteiger partial charge on any atom is 0.265 e. The van der Waals surface area contributed by atoms with E-state index in [-0.39, 0.29) is 17.0 Å². The van der Waals surface area contributed by atoms with E-state index in [1.54, 1.807) is 12.4 Å². The van der Waals surface area contributed by atoms with E-state index in [1.807, 2.05) is 54.6 Å². The zero-order chi connectivity index (χ0) is 18.9. The van der Waals surface area contributed by atoms with E-state index in [1.165, 1.54) is 6.20 Å². The van der Waals surface area contributed by atoms with Gasteiger partial charge in [0.25, 0.3) is 11.4 Å². The molecule has 5 aromatic rings. The number of pyridine rings is 1. The Balaban J connectivity index is 1.56. The van der Waals surface area contributed by atoms with E-state index in [0.717, 1.165) is 21.9 Å². The van der Waals surface area contributed by atoms with E-state index in [4.69, 9.17) is 4.52 Å². The highest BCUT2D eigenvalue weighted by atomic mass is 16.5. The molecule has 0 radical (unpaired) electrons. The summed E-state index contributed by atoms with van der Waals surface area (Å²) in [5.41, 5.74) is 1.51. The summed E-state index contributed by atoms with van der Waals surface area (Å²) in [4.78, 5) is 28.2. The van der Waals surface area contributed by atoms with E-state index in [0.29, 0.717) is 11.6 Å². The van der Waals surface area contributed by atoms with E-state index >= 15 is 0 Å². The maximum absolute atomic E-state index is 12.5. The number of nitrogens with zero attached hydrogens (tertiary/aromatic N) is 4. The van der Waals surface area contributed by atoms with Crippen LogP contribution in [0, 0.1) is 0 Å². The van der Waals surface area contributed by atoms with E-state index in [2.05, 4.69) is 25.1 Å². The lowest BCUT2D eigenvalue weighted by molar-refractivity contribution is 0.431. The smallest absolute Gasteiger partial charge is 0.265 e. The Morgan fingerprint density at radius 3 is 2.64 bits per heavy atom. The molecule has 0 bridgehead atoms. The number of hydrogen-bond acceptors (Lipinski definition) is 6. The summed E-state index contributed by atoms with van der Waals surface area (Å²) >= 11 is 0. The largest absolute Gasteiger partial charge is 0.333 e. The third-order valence-electron chi connectivity index (χ3n) is 4.42. The Hall–Kier alpha value is -4.13. The second kappa shape index (κ2) is 6.55. The lowest BCUT2D eigenvalue weighted by atomic mass is 10.1. The highest BCUT2D eigenvalue weighted by Gasteiger charge is 2.16. The molecule has 0 unspecified atom stereocenters. The predicted molar refractivity (Wildman–Crippen MR) is 104 cm³/mol. The summed E-state index contributed by atoms with van der Waals surface area (Å²) in [5.74, 6) is 1.00. The molecule has 0 aliphatic heterocycles. The van der Waals surface area contributed by atoms with Crippen LogP contribution in [0.15, 0.2) is 82.5 Å². The Morgan fingerprint density at radius 2 is 1.79 bits per heavy atom. The van der Waals surface area contributed by atoms with Gasteiger partial charge in [-0.2, -0.15) is 4.98 Å². The van der Waals surface area contributed by atoms with E-state index in [9.17, 15) is 4.79 Å². The van der Waals surface area contributed by atoms with Gasteiger partial charge in [0.15, 0.2) is 0 Å². The molecule has 0 atom stereocenters. The van der Waals surface area contributed by atoms with Gasteiger partial charge in [0.05, 0.1) is 0 Å². The van der Waals surface area contributed by atoms with Crippen LogP contribution < -0.4 is 5.56 Å². The standard InChI is InChI=1S/C21H13N5O2/c27-20-17(12-23-18(24-20)13-5-2-1-3-6-13)21-25-19(26-28-21)16-8-4-7-14-11-22-10-9-15(14)16/h1-12H,(H,23,24,27). The highest BCUT2D eigenvalue weighted by molar-refractivity contribution is 5.94. The average molecular weight is 367 g/mol. The molecule has 7 nitrogen and oxygen atoms in total. The van der Waals surface area contributed by atoms with Crippen molar-refractivity contribution >= 4 is 10.8 Å². The lowest BCUT2D eigenvalue weighted by Crippen LogP contribution is -2.11. The molecule has 3 heterocycles. The van der Waals surface area contributed by atoms with Crippen LogP contribution in [0.4, 0.5) is 0 Å². The first-order valence-electron chi connectivity index (χ1n) is 8.61. The van der Waals surface area contributed by atoms with Gasteiger partial charge in [-0.05, 0) is 11.5 Å². The third-order valence-corrected chi connectivity index (χ3v) is 4.42. The lowest BCUT2D eigenvalue weighted by Gasteiger charge is -2.01. The first-order valence-corrected chi connectivity index (χ1v) is 8.61. The summed E-state index contributed by atoms with van der Waals surface area (Å²) < 4.78 is 5.34. The number of benzene rings is 2. The molecule has 0 aliphatic carbocycles. The fourth-order valence-electron chi connectivity index (χ4n) is 3.05. The molecular formula is C21H13N5O2. The van der Waals surface area contributed by atoms with E-state index < -0.39 is 0 Å². The van der Waals surface area contributed by atoms with Gasteiger partial charge in [0.1, 0.15) is 11.4 Å². The molecule has 0 saturated heterocycles. The van der Waals surface area contributed by atoms with Gasteiger partial charge in [-0.3, -0.25) is 9.78 Å². The highest BCUT2D eigenvalue weighted by Crippen LogP contribution is 2.27. The van der Waals surface area contributed by atoms with Crippen molar-refractivity contribution in [2.24, 2.45) is 0 Å². The number of rotatable bonds is 3. The normalized spacial score (nSPS) is 11.0. The number of hydrogen-bond donors (Lipinski definition) is 1. The van der Waals surface area contributed by atoms with Crippen molar-refractivity contribution in [1.29, 1.82) is 0 Å². The van der Waals surface area contributed by atoms with Crippen molar-refractivity contribution in [3.63, 3.8) is 0 Å². The van der Waals surface area contributed by atoms with Gasteiger partial charge in [-0.25, -0.2) is 4.98 Å². The van der Waals surface area contributed by atoms with Crippen LogP contribution in [-0.2, 0) is 0 Å². The minimum atomic E-state index is -0.342. The van der Waals surface area contributed by atoms with Gasteiger partial charge in [0.2, 0.25) is 5.82 Å². The molecule has 7 heteroatoms. The SMILES string of the molecule is O=c1[nH]c(-c2ccccc2)ncc1-c1nc(-c2cccc3cnccc23)no1. The van der Waals surface area contributed by atoms with Crippen molar-refractivity contribution in [1.82, 2.24) is 25.1 Å². The maximum atomic E-state index is 12.5. The molecule has 1 N–H and O–H groups in total. The van der Waals surface area contributed by atoms with Crippen LogP contribution in [-0.4, -0.2) is 25.1 Å². The summed E-state index contributed by atoms with van der Waals surface area (Å²) in [6.45, 7) is 0. The average Bonchev–Trinajstić information content (AvgIpc) is 3.23. The number of H-pyrrole nitrogens is 1. The Morgan fingerprint density at radius 1 is 0.893 bits per heavy atom. The molecule has 0 spiro atoms. The zero-order valence-electron chi connectivity index (χ0n) is 14.5. The topological polar surface area (TPSA) is 97.6 Å². The Kier molecular flexibility index (Phi) is 3.76. The summed E-state index contributed by atoms with van der Waals surface area (Å²) in [7, 11) is 0. The molecule has 5 rings (SSSR count). The fourth-order valence-corrected chi connectivity index (χ4v) is 3.05. The summed E-state index contributed by atoms with van der Waals surface area (Å²) in [5, 5.41) is 5.97. The van der Waals surface area contributed by atoms with Crippen molar-refractivity contribution in [3.05, 3.63) is 83.5 Å². The molecule has 28 heavy (non-hydrogen) atoms. The minimum Gasteiger partial charge on any atom is -0.333 e. The second-order valence-corrected chi connectivity index (χ2v) is 6.17. The molecule has 0 aliphatic rings. The summed E-state index contributed by atoms with van der Waals surface area (Å²) in [6.07, 6.45) is 4.94. The third kappa shape index (κ3) is 2.75. The monoisotopic (exact) mass is 367 g/mol. The van der Waals surface area contributed by atoms with Crippen molar-refractivity contribution in [2.75, 3.05) is 0 Å². The first kappa shape index (κ1) is 16.1. The van der Waals surface area contributed by atoms with Gasteiger partial charge >= 0.3 is 0 Å². The quantitative estimate of drug-likeness (QED) is 0.522. The second-order valence-electron chi connectivity index (χ2n) is 6.17. The molecule has 134 valence electrons. The molecule has 0 saturated carbocycles. The molecule has 0 amide bonds. The van der Waals surface area contributed by atoms with Crippen LogP contribution in [0.3, 0.4) is 0 Å². The molecule has 0 fully saturated rings. The van der Waals surface area contributed by atoms with Gasteiger partial charge in [-0.15, -0.1) is 0 Å². The fraction of sp³-hybridized carbons (Fsp3) is 0. The Bertz CT molecular complexity index is 1340. The van der Waals surface area contributed by atoms with Gasteiger partial charge in [0, 0.05) is 35.1 Å². The Labute approximate surface area is 158 Å². The number of aromatic amines is 1. The van der Waals surface area contributed by atoms with Gasteiger partial charge < -0.3 is 9.51 Å². The molecule has 2 aromatic carbocycles. The zero-order valence-corrected chi connectivity index (χ0v) is 14.5. The number of fused-ring (bicyclic) bond motifs is 1. The van der Waals surface area contributed by atoms with Crippen molar-refractivity contribution in [2.45, 2.75) is 0 Å². The summed E-state index contributed by atoms with van der Waals surface area (Å²) in [6, 6.07) is 17.1. The van der Waals surface area contributed by atoms with Crippen LogP contribution in [0.1, 0.15) is 0 Å². The predicted octanol–water partition coefficient (Wildman–Crippen LogP) is 3.70. The number of aromatic nitrogens is 5. The van der Waals surface area contributed by atoms with Crippen molar-refractivity contribution < 1.29 is 4.52 Å². The van der Waals surface area contributed by atoms with Crippen LogP contribution >= 0.6 is 0 Å². The first-order chi connectivity index (χ1) is 13.8. The van der Waals surface area contributed by atoms with Crippen LogP contribution in [0.2, 0.25) is 0 Å². The molecule has 3 aromatic heterocycles. The minimum absolute atomic E-state index is 0.120. The van der Waals surface area contributed by atoms with Crippen molar-refractivity contribution in [3.8, 4) is 34.2 Å². The van der Waals surface area contributed by atoms with Crippen LogP contribution in [0.25, 0.3) is 45.0 Å².